The van der Waals surface area contributed by atoms with Crippen molar-refractivity contribution in [3.63, 3.8) is 0 Å². The van der Waals surface area contributed by atoms with Gasteiger partial charge in [0, 0.05) is 37.1 Å². The van der Waals surface area contributed by atoms with E-state index in [1.807, 2.05) is 13.8 Å². The average molecular weight is 469 g/mol. The van der Waals surface area contributed by atoms with Gasteiger partial charge in [0.25, 0.3) is 5.91 Å². The first-order valence-electron chi connectivity index (χ1n) is 12.1. The van der Waals surface area contributed by atoms with E-state index in [2.05, 4.69) is 20.4 Å². The standard InChI is InChI=1S/C24H32N6O4/c1-13(2)20(25)24(32)34-12-18(14-3-7-33-8-4-14)28-23(31)21-17-10-15-9-16(15)22(17)30(29-21)19-11-26-5-6-27-19/h5-6,11,13-16,18,20H,3-4,7-10,12,25H2,1-2H3,(H,28,31)/t15?,16?,18-,20+/m1/s1. The lowest BCUT2D eigenvalue weighted by Crippen LogP contribution is -2.47. The van der Waals surface area contributed by atoms with Gasteiger partial charge in [-0.3, -0.25) is 14.6 Å². The third-order valence-corrected chi connectivity index (χ3v) is 7.29. The molecule has 10 nitrogen and oxygen atoms in total. The van der Waals surface area contributed by atoms with Gasteiger partial charge < -0.3 is 20.5 Å². The largest absolute Gasteiger partial charge is 0.462 e. The number of carbonyl (C=O) groups excluding carboxylic acids is 2. The van der Waals surface area contributed by atoms with E-state index in [1.165, 1.54) is 0 Å². The van der Waals surface area contributed by atoms with Gasteiger partial charge in [-0.05, 0) is 43.4 Å². The molecule has 1 aliphatic heterocycles. The van der Waals surface area contributed by atoms with Crippen LogP contribution in [-0.4, -0.2) is 63.5 Å². The van der Waals surface area contributed by atoms with E-state index in [9.17, 15) is 9.59 Å². The molecule has 0 spiro atoms. The van der Waals surface area contributed by atoms with Gasteiger partial charge in [-0.15, -0.1) is 0 Å². The molecule has 2 aromatic rings. The molecule has 3 aliphatic rings. The lowest BCUT2D eigenvalue weighted by molar-refractivity contribution is -0.147. The molecule has 182 valence electrons. The number of nitrogens with zero attached hydrogens (tertiary/aromatic N) is 4. The molecule has 1 amide bonds. The third kappa shape index (κ3) is 4.44. The summed E-state index contributed by atoms with van der Waals surface area (Å²) in [7, 11) is 0. The Balaban J connectivity index is 1.36. The number of amides is 1. The molecule has 2 aromatic heterocycles. The van der Waals surface area contributed by atoms with Crippen molar-refractivity contribution in [3.05, 3.63) is 35.5 Å². The second kappa shape index (κ2) is 9.42. The van der Waals surface area contributed by atoms with E-state index in [0.29, 0.717) is 36.6 Å². The molecule has 34 heavy (non-hydrogen) atoms. The van der Waals surface area contributed by atoms with Crippen molar-refractivity contribution < 1.29 is 19.1 Å². The Morgan fingerprint density at radius 2 is 2.09 bits per heavy atom. The number of nitrogens with one attached hydrogen (secondary N) is 1. The zero-order valence-electron chi connectivity index (χ0n) is 19.6. The van der Waals surface area contributed by atoms with Gasteiger partial charge in [-0.25, -0.2) is 9.67 Å². The lowest BCUT2D eigenvalue weighted by atomic mass is 9.92. The first-order valence-corrected chi connectivity index (χ1v) is 12.1. The lowest BCUT2D eigenvalue weighted by Gasteiger charge is -2.31. The first-order chi connectivity index (χ1) is 16.4. The maximum absolute atomic E-state index is 13.5. The summed E-state index contributed by atoms with van der Waals surface area (Å²) in [6.07, 6.45) is 8.45. The van der Waals surface area contributed by atoms with Crippen LogP contribution in [0.4, 0.5) is 0 Å². The highest BCUT2D eigenvalue weighted by atomic mass is 16.5. The quantitative estimate of drug-likeness (QED) is 0.555. The van der Waals surface area contributed by atoms with Crippen molar-refractivity contribution in [2.75, 3.05) is 19.8 Å². The molecule has 0 aromatic carbocycles. The second-order valence-corrected chi connectivity index (χ2v) is 9.92. The van der Waals surface area contributed by atoms with Crippen LogP contribution in [0.25, 0.3) is 5.82 Å². The van der Waals surface area contributed by atoms with Crippen LogP contribution < -0.4 is 11.1 Å². The summed E-state index contributed by atoms with van der Waals surface area (Å²) < 4.78 is 12.8. The Morgan fingerprint density at radius 1 is 1.29 bits per heavy atom. The van der Waals surface area contributed by atoms with E-state index in [1.54, 1.807) is 23.3 Å². The predicted molar refractivity (Wildman–Crippen MR) is 122 cm³/mol. The fraction of sp³-hybridized carbons (Fsp3) is 0.625. The SMILES string of the molecule is CC(C)[C@H](N)C(=O)OC[C@@H](NC(=O)c1nn(-c2cnccn2)c2c1CC1CC21)C1CCOCC1. The minimum atomic E-state index is -0.691. The molecule has 0 bridgehead atoms. The van der Waals surface area contributed by atoms with Gasteiger partial charge in [0.15, 0.2) is 11.5 Å². The Bertz CT molecular complexity index is 1050. The van der Waals surface area contributed by atoms with E-state index in [4.69, 9.17) is 15.2 Å². The molecule has 10 heteroatoms. The molecule has 2 unspecified atom stereocenters. The number of nitrogens with two attached hydrogens (primary N) is 1. The number of hydrogen-bond donors (Lipinski definition) is 2. The normalized spacial score (nSPS) is 23.2. The summed E-state index contributed by atoms with van der Waals surface area (Å²) in [6, 6.07) is -1.03. The summed E-state index contributed by atoms with van der Waals surface area (Å²) in [4.78, 5) is 34.4. The van der Waals surface area contributed by atoms with E-state index in [-0.39, 0.29) is 30.4 Å². The van der Waals surface area contributed by atoms with Crippen LogP contribution in [0.3, 0.4) is 0 Å². The summed E-state index contributed by atoms with van der Waals surface area (Å²) >= 11 is 0. The maximum atomic E-state index is 13.5. The summed E-state index contributed by atoms with van der Waals surface area (Å²) in [5, 5.41) is 7.80. The molecular formula is C24H32N6O4. The molecule has 5 rings (SSSR count). The van der Waals surface area contributed by atoms with Crippen LogP contribution >= 0.6 is 0 Å². The Morgan fingerprint density at radius 3 is 2.79 bits per heavy atom. The fourth-order valence-electron chi connectivity index (χ4n) is 5.06. The van der Waals surface area contributed by atoms with Gasteiger partial charge in [0.2, 0.25) is 0 Å². The Labute approximate surface area is 198 Å². The number of aromatic nitrogens is 4. The van der Waals surface area contributed by atoms with Gasteiger partial charge in [-0.1, -0.05) is 13.8 Å². The van der Waals surface area contributed by atoms with Crippen LogP contribution in [0.15, 0.2) is 18.6 Å². The maximum Gasteiger partial charge on any atom is 0.323 e. The highest BCUT2D eigenvalue weighted by molar-refractivity contribution is 5.94. The van der Waals surface area contributed by atoms with Crippen LogP contribution in [-0.2, 0) is 20.7 Å². The molecule has 3 heterocycles. The minimum absolute atomic E-state index is 0.0253. The van der Waals surface area contributed by atoms with Gasteiger partial charge >= 0.3 is 5.97 Å². The van der Waals surface area contributed by atoms with Crippen molar-refractivity contribution >= 4 is 11.9 Å². The number of hydrogen-bond acceptors (Lipinski definition) is 8. The number of rotatable bonds is 8. The molecule has 1 saturated carbocycles. The predicted octanol–water partition coefficient (Wildman–Crippen LogP) is 1.37. The molecule has 2 aliphatic carbocycles. The highest BCUT2D eigenvalue weighted by Gasteiger charge is 2.50. The molecule has 2 fully saturated rings. The number of esters is 1. The van der Waals surface area contributed by atoms with E-state index >= 15 is 0 Å². The molecule has 1 saturated heterocycles. The zero-order valence-corrected chi connectivity index (χ0v) is 19.6. The number of fused-ring (bicyclic) bond motifs is 3. The molecule has 4 atom stereocenters. The zero-order chi connectivity index (χ0) is 23.8. The van der Waals surface area contributed by atoms with Gasteiger partial charge in [0.05, 0.1) is 17.9 Å². The number of carbonyl (C=O) groups is 2. The van der Waals surface area contributed by atoms with Crippen LogP contribution in [0.2, 0.25) is 0 Å². The van der Waals surface area contributed by atoms with Crippen molar-refractivity contribution in [1.29, 1.82) is 0 Å². The van der Waals surface area contributed by atoms with Crippen molar-refractivity contribution in [3.8, 4) is 5.82 Å². The van der Waals surface area contributed by atoms with E-state index in [0.717, 1.165) is 36.9 Å². The monoisotopic (exact) mass is 468 g/mol. The topological polar surface area (TPSA) is 134 Å². The first kappa shape index (κ1) is 22.9. The van der Waals surface area contributed by atoms with Crippen LogP contribution in [0.1, 0.15) is 60.8 Å². The average Bonchev–Trinajstić information content (AvgIpc) is 3.36. The summed E-state index contributed by atoms with van der Waals surface area (Å²) in [5.41, 5.74) is 8.44. The number of ether oxygens (including phenoxy) is 2. The molecular weight excluding hydrogens is 436 g/mol. The smallest absolute Gasteiger partial charge is 0.323 e. The second-order valence-electron chi connectivity index (χ2n) is 9.92. The third-order valence-electron chi connectivity index (χ3n) is 7.29. The minimum Gasteiger partial charge on any atom is -0.462 e. The van der Waals surface area contributed by atoms with Gasteiger partial charge in [-0.2, -0.15) is 5.10 Å². The van der Waals surface area contributed by atoms with Crippen LogP contribution in [0, 0.1) is 17.8 Å². The van der Waals surface area contributed by atoms with Crippen LogP contribution in [0.5, 0.6) is 0 Å². The van der Waals surface area contributed by atoms with E-state index < -0.39 is 12.0 Å². The Kier molecular flexibility index (Phi) is 6.35. The molecule has 3 N–H and O–H groups in total. The van der Waals surface area contributed by atoms with Crippen molar-refractivity contribution in [2.24, 2.45) is 23.5 Å². The summed E-state index contributed by atoms with van der Waals surface area (Å²) in [5.74, 6) is 1.04. The van der Waals surface area contributed by atoms with Crippen molar-refractivity contribution in [1.82, 2.24) is 25.1 Å². The molecule has 0 radical (unpaired) electrons. The van der Waals surface area contributed by atoms with Gasteiger partial charge in [0.1, 0.15) is 12.6 Å². The van der Waals surface area contributed by atoms with Crippen molar-refractivity contribution in [2.45, 2.75) is 57.5 Å². The summed E-state index contributed by atoms with van der Waals surface area (Å²) in [6.45, 7) is 5.07. The Hall–Kier alpha value is -2.85. The highest BCUT2D eigenvalue weighted by Crippen LogP contribution is 2.57. The fourth-order valence-corrected chi connectivity index (χ4v) is 5.06.